The van der Waals surface area contributed by atoms with Crippen molar-refractivity contribution < 1.29 is 9.48 Å². The number of anilines is 1. The van der Waals surface area contributed by atoms with Gasteiger partial charge in [0.1, 0.15) is 12.3 Å². The Hall–Kier alpha value is -3.27. The molecule has 3 aromatic carbocycles. The molecule has 0 aliphatic carbocycles. The topological polar surface area (TPSA) is 38.5 Å². The minimum Gasteiger partial charge on any atom is -0.624 e. The maximum absolute atomic E-state index is 12.7. The molecular formula is C28H30N2O2. The van der Waals surface area contributed by atoms with Crippen molar-refractivity contribution in [3.05, 3.63) is 83.1 Å². The zero-order valence-corrected chi connectivity index (χ0v) is 19.4. The first-order valence-corrected chi connectivity index (χ1v) is 11.2. The number of para-hydroxylation sites is 1. The van der Waals surface area contributed by atoms with Crippen molar-refractivity contribution in [2.75, 3.05) is 11.4 Å². The molecule has 2 aliphatic rings. The molecular weight excluding hydrogens is 396 g/mol. The van der Waals surface area contributed by atoms with E-state index in [1.54, 1.807) is 6.21 Å². The number of fused-ring (bicyclic) bond motifs is 4. The van der Waals surface area contributed by atoms with Crippen LogP contribution in [0.4, 0.5) is 5.69 Å². The maximum Gasteiger partial charge on any atom is 0.212 e. The van der Waals surface area contributed by atoms with E-state index in [0.29, 0.717) is 6.54 Å². The van der Waals surface area contributed by atoms with E-state index in [4.69, 9.17) is 4.74 Å². The van der Waals surface area contributed by atoms with E-state index in [2.05, 4.69) is 85.5 Å². The van der Waals surface area contributed by atoms with Crippen molar-refractivity contribution in [2.24, 2.45) is 0 Å². The quantitative estimate of drug-likeness (QED) is 0.214. The molecule has 4 nitrogen and oxygen atoms in total. The number of hydrogen-bond acceptors (Lipinski definition) is 3. The van der Waals surface area contributed by atoms with Crippen LogP contribution in [0.2, 0.25) is 0 Å². The Morgan fingerprint density at radius 3 is 2.50 bits per heavy atom. The fraction of sp³-hybridized carbons (Fsp3) is 0.321. The minimum absolute atomic E-state index is 0.327. The summed E-state index contributed by atoms with van der Waals surface area (Å²) in [6.07, 6.45) is 6.11. The van der Waals surface area contributed by atoms with Crippen LogP contribution in [0.25, 0.3) is 16.8 Å². The lowest BCUT2D eigenvalue weighted by Gasteiger charge is -2.46. The predicted molar refractivity (Wildman–Crippen MR) is 133 cm³/mol. The third-order valence-electron chi connectivity index (χ3n) is 6.93. The summed E-state index contributed by atoms with van der Waals surface area (Å²) in [5.74, 6) is 0.867. The Morgan fingerprint density at radius 1 is 1.00 bits per heavy atom. The van der Waals surface area contributed by atoms with Gasteiger partial charge in [-0.15, -0.1) is 0 Å². The first kappa shape index (κ1) is 20.6. The van der Waals surface area contributed by atoms with Crippen LogP contribution in [0, 0.1) is 5.21 Å². The van der Waals surface area contributed by atoms with Gasteiger partial charge in [0.05, 0.1) is 5.41 Å². The maximum atomic E-state index is 12.7. The lowest BCUT2D eigenvalue weighted by Crippen LogP contribution is -2.60. The zero-order chi connectivity index (χ0) is 22.7. The SMILES string of the molecule is CC(C)(C)/[N+]([O-])=C/CN1c2ccccc2C(C)(C)C12C=Cc1c(ccc3ccccc13)O2. The average molecular weight is 427 g/mol. The summed E-state index contributed by atoms with van der Waals surface area (Å²) in [5.41, 5.74) is 1.87. The van der Waals surface area contributed by atoms with Gasteiger partial charge < -0.3 is 14.8 Å². The Morgan fingerprint density at radius 2 is 1.72 bits per heavy atom. The predicted octanol–water partition coefficient (Wildman–Crippen LogP) is 6.12. The van der Waals surface area contributed by atoms with E-state index in [-0.39, 0.29) is 5.41 Å². The molecule has 0 saturated carbocycles. The molecule has 4 heteroatoms. The van der Waals surface area contributed by atoms with Crippen molar-refractivity contribution in [3.8, 4) is 5.75 Å². The molecule has 0 fully saturated rings. The van der Waals surface area contributed by atoms with Crippen LogP contribution >= 0.6 is 0 Å². The number of nitrogens with zero attached hydrogens (tertiary/aromatic N) is 2. The van der Waals surface area contributed by atoms with E-state index in [0.717, 1.165) is 21.7 Å². The van der Waals surface area contributed by atoms with Crippen LogP contribution in [-0.4, -0.2) is 28.8 Å². The summed E-state index contributed by atoms with van der Waals surface area (Å²) >= 11 is 0. The van der Waals surface area contributed by atoms with Gasteiger partial charge >= 0.3 is 0 Å². The van der Waals surface area contributed by atoms with Gasteiger partial charge in [0.25, 0.3) is 0 Å². The summed E-state index contributed by atoms with van der Waals surface area (Å²) in [4.78, 5) is 2.23. The van der Waals surface area contributed by atoms with Gasteiger partial charge in [-0.25, -0.2) is 4.74 Å². The number of benzene rings is 3. The molecule has 1 spiro atoms. The Bertz CT molecular complexity index is 1270. The monoisotopic (exact) mass is 426 g/mol. The summed E-state index contributed by atoms with van der Waals surface area (Å²) in [6, 6.07) is 21.0. The summed E-state index contributed by atoms with van der Waals surface area (Å²) in [7, 11) is 0. The molecule has 1 unspecified atom stereocenters. The van der Waals surface area contributed by atoms with Crippen molar-refractivity contribution in [1.29, 1.82) is 0 Å². The minimum atomic E-state index is -0.735. The molecule has 32 heavy (non-hydrogen) atoms. The normalized spacial score (nSPS) is 21.5. The highest BCUT2D eigenvalue weighted by Crippen LogP contribution is 2.55. The molecule has 0 amide bonds. The molecule has 0 saturated heterocycles. The smallest absolute Gasteiger partial charge is 0.212 e. The number of hydroxylamine groups is 1. The van der Waals surface area contributed by atoms with Gasteiger partial charge in [0.2, 0.25) is 5.72 Å². The molecule has 0 bridgehead atoms. The fourth-order valence-corrected chi connectivity index (χ4v) is 5.03. The van der Waals surface area contributed by atoms with Crippen LogP contribution in [0.15, 0.2) is 66.7 Å². The Balaban J connectivity index is 1.66. The van der Waals surface area contributed by atoms with Crippen LogP contribution in [0.3, 0.4) is 0 Å². The molecule has 0 radical (unpaired) electrons. The summed E-state index contributed by atoms with van der Waals surface area (Å²) < 4.78 is 7.96. The molecule has 3 aromatic rings. The van der Waals surface area contributed by atoms with Gasteiger partial charge in [-0.05, 0) is 54.5 Å². The van der Waals surface area contributed by atoms with Crippen molar-refractivity contribution >= 4 is 28.8 Å². The highest BCUT2D eigenvalue weighted by atomic mass is 16.5. The van der Waals surface area contributed by atoms with Gasteiger partial charge in [0.15, 0.2) is 11.8 Å². The Kier molecular flexibility index (Phi) is 4.42. The molecule has 2 heterocycles. The number of rotatable bonds is 2. The molecule has 2 aliphatic heterocycles. The second-order valence-corrected chi connectivity index (χ2v) is 10.3. The lowest BCUT2D eigenvalue weighted by atomic mass is 9.76. The highest BCUT2D eigenvalue weighted by molar-refractivity contribution is 5.94. The highest BCUT2D eigenvalue weighted by Gasteiger charge is 2.58. The standard InChI is InChI=1S/C28H30N2O2/c1-26(2,3)30(31)19-18-29-24-13-9-8-12-23(24)27(4,5)28(29)17-16-22-21-11-7-6-10-20(21)14-15-25(22)32-28/h6-17,19H,18H2,1-5H3/b30-19-. The molecule has 0 N–H and O–H groups in total. The van der Waals surface area contributed by atoms with Gasteiger partial charge in [0, 0.05) is 32.0 Å². The average Bonchev–Trinajstić information content (AvgIpc) is 2.94. The summed E-state index contributed by atoms with van der Waals surface area (Å²) in [6.45, 7) is 10.7. The van der Waals surface area contributed by atoms with Crippen LogP contribution in [0.5, 0.6) is 5.75 Å². The molecule has 1 atom stereocenters. The molecule has 5 rings (SSSR count). The largest absolute Gasteiger partial charge is 0.624 e. The first-order chi connectivity index (χ1) is 15.1. The van der Waals surface area contributed by atoms with Crippen molar-refractivity contribution in [2.45, 2.75) is 51.3 Å². The van der Waals surface area contributed by atoms with Gasteiger partial charge in [-0.1, -0.05) is 48.5 Å². The first-order valence-electron chi connectivity index (χ1n) is 11.2. The third kappa shape index (κ3) is 2.85. The van der Waals surface area contributed by atoms with Crippen molar-refractivity contribution in [1.82, 2.24) is 0 Å². The Labute approximate surface area is 190 Å². The summed E-state index contributed by atoms with van der Waals surface area (Å²) in [5, 5.41) is 15.1. The molecule has 164 valence electrons. The number of hydrogen-bond donors (Lipinski definition) is 0. The lowest BCUT2D eigenvalue weighted by molar-refractivity contribution is -0.531. The van der Waals surface area contributed by atoms with Crippen LogP contribution in [-0.2, 0) is 5.41 Å². The van der Waals surface area contributed by atoms with E-state index in [1.165, 1.54) is 16.3 Å². The van der Waals surface area contributed by atoms with E-state index >= 15 is 0 Å². The second kappa shape index (κ2) is 6.86. The number of ether oxygens (including phenoxy) is 1. The van der Waals surface area contributed by atoms with Crippen LogP contribution < -0.4 is 9.64 Å². The molecule has 0 aromatic heterocycles. The van der Waals surface area contributed by atoms with Gasteiger partial charge in [-0.3, -0.25) is 0 Å². The van der Waals surface area contributed by atoms with E-state index in [1.807, 2.05) is 26.8 Å². The zero-order valence-electron chi connectivity index (χ0n) is 19.4. The fourth-order valence-electron chi connectivity index (χ4n) is 5.03. The van der Waals surface area contributed by atoms with E-state index in [9.17, 15) is 5.21 Å². The van der Waals surface area contributed by atoms with Gasteiger partial charge in [-0.2, -0.15) is 0 Å². The van der Waals surface area contributed by atoms with Crippen LogP contribution in [0.1, 0.15) is 45.7 Å². The van der Waals surface area contributed by atoms with Crippen molar-refractivity contribution in [3.63, 3.8) is 0 Å². The third-order valence-corrected chi connectivity index (χ3v) is 6.93. The second-order valence-electron chi connectivity index (χ2n) is 10.3. The van der Waals surface area contributed by atoms with E-state index < -0.39 is 11.3 Å².